The fourth-order valence-electron chi connectivity index (χ4n) is 3.55. The standard InChI is InChI=1S/C18H23N3O3S/c1-18(2)14(11-21-17-15(24-3)5-4-10-20-17)16(18)12-6-8-13(9-7-12)25(19,22)23/h4-10,14,16H,11H2,1-3H3,(H,20,21)(H2,19,22,23). The summed E-state index contributed by atoms with van der Waals surface area (Å²) in [5.41, 5.74) is 1.25. The molecule has 2 unspecified atom stereocenters. The summed E-state index contributed by atoms with van der Waals surface area (Å²) in [6, 6.07) is 10.6. The zero-order chi connectivity index (χ0) is 18.2. The third-order valence-corrected chi connectivity index (χ3v) is 6.03. The Morgan fingerprint density at radius 3 is 2.52 bits per heavy atom. The van der Waals surface area contributed by atoms with Crippen molar-refractivity contribution in [2.45, 2.75) is 24.7 Å². The van der Waals surface area contributed by atoms with Gasteiger partial charge in [0, 0.05) is 12.7 Å². The van der Waals surface area contributed by atoms with Crippen LogP contribution in [0.3, 0.4) is 0 Å². The van der Waals surface area contributed by atoms with Crippen LogP contribution in [0.15, 0.2) is 47.5 Å². The van der Waals surface area contributed by atoms with E-state index in [-0.39, 0.29) is 10.3 Å². The molecule has 0 spiro atoms. The summed E-state index contributed by atoms with van der Waals surface area (Å²) >= 11 is 0. The van der Waals surface area contributed by atoms with E-state index in [1.54, 1.807) is 25.4 Å². The summed E-state index contributed by atoms with van der Waals surface area (Å²) in [6.07, 6.45) is 1.73. The van der Waals surface area contributed by atoms with Crippen LogP contribution < -0.4 is 15.2 Å². The molecule has 3 rings (SSSR count). The van der Waals surface area contributed by atoms with Crippen molar-refractivity contribution in [3.05, 3.63) is 48.2 Å². The molecule has 2 atom stereocenters. The molecule has 0 amide bonds. The molecule has 0 aliphatic heterocycles. The third-order valence-electron chi connectivity index (χ3n) is 5.10. The van der Waals surface area contributed by atoms with Gasteiger partial charge in [-0.2, -0.15) is 0 Å². The maximum atomic E-state index is 11.4. The molecule has 134 valence electrons. The van der Waals surface area contributed by atoms with Crippen LogP contribution in [0, 0.1) is 11.3 Å². The molecule has 1 aliphatic carbocycles. The maximum absolute atomic E-state index is 11.4. The van der Waals surface area contributed by atoms with Gasteiger partial charge in [-0.3, -0.25) is 0 Å². The summed E-state index contributed by atoms with van der Waals surface area (Å²) in [5.74, 6) is 2.22. The Labute approximate surface area is 148 Å². The number of primary sulfonamides is 1. The fourth-order valence-corrected chi connectivity index (χ4v) is 4.06. The lowest BCUT2D eigenvalue weighted by Crippen LogP contribution is -2.12. The minimum absolute atomic E-state index is 0.123. The number of nitrogens with two attached hydrogens (primary N) is 1. The number of ether oxygens (including phenoxy) is 1. The molecule has 0 bridgehead atoms. The second-order valence-corrected chi connectivity index (χ2v) is 8.52. The quantitative estimate of drug-likeness (QED) is 0.825. The predicted molar refractivity (Wildman–Crippen MR) is 97.1 cm³/mol. The average molecular weight is 361 g/mol. The highest BCUT2D eigenvalue weighted by atomic mass is 32.2. The molecule has 1 fully saturated rings. The van der Waals surface area contributed by atoms with Crippen molar-refractivity contribution in [1.29, 1.82) is 0 Å². The first kappa shape index (κ1) is 17.7. The number of methoxy groups -OCH3 is 1. The van der Waals surface area contributed by atoms with Gasteiger partial charge in [0.15, 0.2) is 11.6 Å². The third kappa shape index (κ3) is 3.48. The van der Waals surface area contributed by atoms with Crippen LogP contribution in [0.5, 0.6) is 5.75 Å². The first-order valence-corrected chi connectivity index (χ1v) is 9.65. The Hall–Kier alpha value is -2.12. The van der Waals surface area contributed by atoms with E-state index in [1.807, 2.05) is 24.3 Å². The number of aromatic nitrogens is 1. The van der Waals surface area contributed by atoms with Gasteiger partial charge in [0.2, 0.25) is 10.0 Å². The highest BCUT2D eigenvalue weighted by molar-refractivity contribution is 7.89. The number of pyridine rings is 1. The first-order chi connectivity index (χ1) is 11.7. The van der Waals surface area contributed by atoms with E-state index in [0.717, 1.165) is 23.7 Å². The number of hydrogen-bond donors (Lipinski definition) is 2. The highest BCUT2D eigenvalue weighted by Gasteiger charge is 2.57. The van der Waals surface area contributed by atoms with E-state index in [0.29, 0.717) is 11.8 Å². The van der Waals surface area contributed by atoms with Crippen molar-refractivity contribution < 1.29 is 13.2 Å². The maximum Gasteiger partial charge on any atom is 0.238 e. The lowest BCUT2D eigenvalue weighted by molar-refractivity contribution is 0.414. The molecule has 1 aliphatic rings. The molecule has 6 nitrogen and oxygen atoms in total. The van der Waals surface area contributed by atoms with Gasteiger partial charge in [-0.25, -0.2) is 18.5 Å². The Bertz CT molecular complexity index is 863. The van der Waals surface area contributed by atoms with Crippen LogP contribution in [0.25, 0.3) is 0 Å². The van der Waals surface area contributed by atoms with E-state index in [2.05, 4.69) is 24.1 Å². The Morgan fingerprint density at radius 2 is 1.92 bits per heavy atom. The van der Waals surface area contributed by atoms with Crippen LogP contribution in [-0.4, -0.2) is 27.1 Å². The monoisotopic (exact) mass is 361 g/mol. The normalized spacial score (nSPS) is 21.6. The SMILES string of the molecule is COc1cccnc1NCC1C(c2ccc(S(N)(=O)=O)cc2)C1(C)C. The zero-order valence-electron chi connectivity index (χ0n) is 14.6. The summed E-state index contributed by atoms with van der Waals surface area (Å²) in [5, 5.41) is 8.53. The van der Waals surface area contributed by atoms with E-state index >= 15 is 0 Å². The van der Waals surface area contributed by atoms with Crippen LogP contribution >= 0.6 is 0 Å². The number of rotatable bonds is 6. The minimum Gasteiger partial charge on any atom is -0.493 e. The smallest absolute Gasteiger partial charge is 0.238 e. The van der Waals surface area contributed by atoms with Gasteiger partial charge in [0.1, 0.15) is 0 Å². The molecule has 2 aromatic rings. The van der Waals surface area contributed by atoms with Crippen molar-refractivity contribution in [1.82, 2.24) is 4.98 Å². The molecule has 25 heavy (non-hydrogen) atoms. The number of hydrogen-bond acceptors (Lipinski definition) is 5. The number of nitrogens with one attached hydrogen (secondary N) is 1. The van der Waals surface area contributed by atoms with Crippen LogP contribution in [0.4, 0.5) is 5.82 Å². The molecule has 0 saturated heterocycles. The van der Waals surface area contributed by atoms with Gasteiger partial charge in [-0.15, -0.1) is 0 Å². The molecule has 7 heteroatoms. The Morgan fingerprint density at radius 1 is 1.24 bits per heavy atom. The van der Waals surface area contributed by atoms with Crippen LogP contribution in [0.1, 0.15) is 25.3 Å². The zero-order valence-corrected chi connectivity index (χ0v) is 15.4. The average Bonchev–Trinajstić information content (AvgIpc) is 3.13. The summed E-state index contributed by atoms with van der Waals surface area (Å²) in [4.78, 5) is 4.46. The fraction of sp³-hybridized carbons (Fsp3) is 0.389. The van der Waals surface area contributed by atoms with Gasteiger partial charge in [0.05, 0.1) is 12.0 Å². The van der Waals surface area contributed by atoms with Crippen molar-refractivity contribution >= 4 is 15.8 Å². The molecule has 1 saturated carbocycles. The van der Waals surface area contributed by atoms with Crippen LogP contribution in [0.2, 0.25) is 0 Å². The predicted octanol–water partition coefficient (Wildman–Crippen LogP) is 2.59. The summed E-state index contributed by atoms with van der Waals surface area (Å²) in [7, 11) is -2.03. The molecule has 0 radical (unpaired) electrons. The molecule has 1 aromatic heterocycles. The first-order valence-electron chi connectivity index (χ1n) is 8.11. The Kier molecular flexibility index (Phi) is 4.47. The van der Waals surface area contributed by atoms with Gasteiger partial charge in [-0.1, -0.05) is 26.0 Å². The number of nitrogens with zero attached hydrogens (tertiary/aromatic N) is 1. The number of benzene rings is 1. The van der Waals surface area contributed by atoms with Crippen molar-refractivity contribution in [2.75, 3.05) is 19.0 Å². The number of sulfonamides is 1. The van der Waals surface area contributed by atoms with E-state index in [1.165, 1.54) is 0 Å². The van der Waals surface area contributed by atoms with Gasteiger partial charge in [-0.05, 0) is 47.1 Å². The molecule has 1 aromatic carbocycles. The van der Waals surface area contributed by atoms with E-state index in [9.17, 15) is 8.42 Å². The molecule has 1 heterocycles. The topological polar surface area (TPSA) is 94.3 Å². The highest BCUT2D eigenvalue weighted by Crippen LogP contribution is 2.64. The van der Waals surface area contributed by atoms with Crippen molar-refractivity contribution in [3.63, 3.8) is 0 Å². The second-order valence-electron chi connectivity index (χ2n) is 6.95. The largest absolute Gasteiger partial charge is 0.493 e. The number of anilines is 1. The minimum atomic E-state index is -3.66. The second kappa shape index (κ2) is 6.31. The lowest BCUT2D eigenvalue weighted by Gasteiger charge is -2.10. The molecule has 3 N–H and O–H groups in total. The van der Waals surface area contributed by atoms with E-state index in [4.69, 9.17) is 9.88 Å². The van der Waals surface area contributed by atoms with Crippen molar-refractivity contribution in [2.24, 2.45) is 16.5 Å². The van der Waals surface area contributed by atoms with Gasteiger partial charge >= 0.3 is 0 Å². The van der Waals surface area contributed by atoms with E-state index < -0.39 is 10.0 Å². The molecular weight excluding hydrogens is 338 g/mol. The van der Waals surface area contributed by atoms with Crippen LogP contribution in [-0.2, 0) is 10.0 Å². The Balaban J connectivity index is 1.72. The molecular formula is C18H23N3O3S. The van der Waals surface area contributed by atoms with Gasteiger partial charge < -0.3 is 10.1 Å². The van der Waals surface area contributed by atoms with Crippen molar-refractivity contribution in [3.8, 4) is 5.75 Å². The lowest BCUT2D eigenvalue weighted by atomic mass is 10.0. The summed E-state index contributed by atoms with van der Waals surface area (Å²) < 4.78 is 28.1. The summed E-state index contributed by atoms with van der Waals surface area (Å²) in [6.45, 7) is 5.20. The van der Waals surface area contributed by atoms with Gasteiger partial charge in [0.25, 0.3) is 0 Å².